The van der Waals surface area contributed by atoms with Gasteiger partial charge in [-0.15, -0.1) is 0 Å². The Morgan fingerprint density at radius 3 is 2.94 bits per heavy atom. The van der Waals surface area contributed by atoms with E-state index in [1.165, 1.54) is 11.8 Å². The van der Waals surface area contributed by atoms with Crippen molar-refractivity contribution in [2.24, 2.45) is 0 Å². The number of phenols is 1. The number of hydrogen-bond donors (Lipinski definition) is 6. The van der Waals surface area contributed by atoms with E-state index in [4.69, 9.17) is 4.42 Å². The van der Waals surface area contributed by atoms with Crippen LogP contribution in [0.4, 0.5) is 5.69 Å². The number of furan rings is 1. The van der Waals surface area contributed by atoms with Crippen LogP contribution in [0.2, 0.25) is 0 Å². The molecule has 166 valence electrons. The number of carbonyl (C=O) groups excluding carboxylic acids is 1. The molecular weight excluding hydrogens is 446 g/mol. The van der Waals surface area contributed by atoms with E-state index in [2.05, 4.69) is 25.6 Å². The van der Waals surface area contributed by atoms with E-state index in [1.54, 1.807) is 36.5 Å². The van der Waals surface area contributed by atoms with Crippen molar-refractivity contribution in [1.82, 2.24) is 20.3 Å². The molecule has 1 unspecified atom stereocenters. The van der Waals surface area contributed by atoms with Crippen LogP contribution in [0.1, 0.15) is 27.7 Å². The van der Waals surface area contributed by atoms with Gasteiger partial charge in [0.2, 0.25) is 0 Å². The average molecular weight is 463 g/mol. The molecule has 1 aromatic carbocycles. The van der Waals surface area contributed by atoms with Crippen LogP contribution in [-0.4, -0.2) is 50.0 Å². The summed E-state index contributed by atoms with van der Waals surface area (Å²) in [5.74, 6) is -1.01. The number of rotatable bonds is 4. The van der Waals surface area contributed by atoms with Crippen LogP contribution >= 0.6 is 11.8 Å². The molecule has 4 aromatic rings. The smallest absolute Gasteiger partial charge is 0.354 e. The highest BCUT2D eigenvalue weighted by Gasteiger charge is 2.39. The molecule has 2 aliphatic rings. The summed E-state index contributed by atoms with van der Waals surface area (Å²) in [6.07, 6.45) is 1.61. The van der Waals surface area contributed by atoms with Crippen molar-refractivity contribution in [3.05, 3.63) is 64.8 Å². The maximum Gasteiger partial charge on any atom is 0.354 e. The van der Waals surface area contributed by atoms with Gasteiger partial charge in [0.25, 0.3) is 0 Å². The van der Waals surface area contributed by atoms with Gasteiger partial charge in [0.1, 0.15) is 17.2 Å². The van der Waals surface area contributed by atoms with Crippen molar-refractivity contribution in [1.29, 1.82) is 0 Å². The lowest BCUT2D eigenvalue weighted by Crippen LogP contribution is -2.39. The fourth-order valence-electron chi connectivity index (χ4n) is 4.34. The zero-order valence-electron chi connectivity index (χ0n) is 16.9. The number of nitrogens with one attached hydrogen (secondary N) is 4. The third kappa shape index (κ3) is 3.20. The van der Waals surface area contributed by atoms with Gasteiger partial charge >= 0.3 is 5.97 Å². The van der Waals surface area contributed by atoms with Gasteiger partial charge in [-0.25, -0.2) is 9.78 Å². The van der Waals surface area contributed by atoms with E-state index in [1.807, 2.05) is 0 Å². The first-order chi connectivity index (χ1) is 16.0. The Labute approximate surface area is 190 Å². The number of anilines is 1. The van der Waals surface area contributed by atoms with Gasteiger partial charge in [0.15, 0.2) is 16.0 Å². The van der Waals surface area contributed by atoms with Crippen molar-refractivity contribution in [2.75, 3.05) is 18.4 Å². The minimum absolute atomic E-state index is 0.0336. The Hall–Kier alpha value is -3.96. The summed E-state index contributed by atoms with van der Waals surface area (Å²) < 4.78 is 6.13. The standard InChI is InChI=1S/C22H17N5O5S/c28-9-1-2-11-12(5-9)27-22(26-11)33-16-4-3-15(32-16)17-10-6-24-20(21(30)31)19(10)25-13-7-23-8-14(29)18(13)17/h1-6,17,23-25,28H,7-8H2,(H,26,27)(H,30,31). The quantitative estimate of drug-likeness (QED) is 0.268. The minimum atomic E-state index is -1.09. The van der Waals surface area contributed by atoms with Crippen molar-refractivity contribution in [2.45, 2.75) is 16.2 Å². The van der Waals surface area contributed by atoms with Crippen LogP contribution in [0, 0.1) is 0 Å². The Balaban J connectivity index is 1.39. The number of carbonyl (C=O) groups is 2. The highest BCUT2D eigenvalue weighted by molar-refractivity contribution is 7.99. The summed E-state index contributed by atoms with van der Waals surface area (Å²) in [5.41, 5.74) is 3.75. The summed E-state index contributed by atoms with van der Waals surface area (Å²) >= 11 is 1.28. The summed E-state index contributed by atoms with van der Waals surface area (Å²) in [6.45, 7) is 0.631. The fraction of sp³-hybridized carbons (Fsp3) is 0.136. The Bertz CT molecular complexity index is 1480. The number of nitrogens with zero attached hydrogens (tertiary/aromatic N) is 1. The normalized spacial score (nSPS) is 17.7. The molecule has 1 atom stereocenters. The average Bonchev–Trinajstić information content (AvgIpc) is 3.50. The number of hydrogen-bond acceptors (Lipinski definition) is 8. The number of aromatic hydroxyl groups is 1. The zero-order chi connectivity index (χ0) is 22.7. The molecule has 0 radical (unpaired) electrons. The first-order valence-electron chi connectivity index (χ1n) is 10.1. The van der Waals surface area contributed by atoms with E-state index in [-0.39, 0.29) is 23.8 Å². The molecule has 0 aliphatic carbocycles. The number of H-pyrrole nitrogens is 2. The molecule has 6 N–H and O–H groups in total. The summed E-state index contributed by atoms with van der Waals surface area (Å²) in [6, 6.07) is 8.48. The van der Waals surface area contributed by atoms with Gasteiger partial charge in [-0.05, 0) is 36.0 Å². The van der Waals surface area contributed by atoms with E-state index in [0.717, 1.165) is 0 Å². The van der Waals surface area contributed by atoms with Gasteiger partial charge in [-0.3, -0.25) is 4.79 Å². The number of carboxylic acid groups (broad SMARTS) is 1. The van der Waals surface area contributed by atoms with Crippen LogP contribution in [-0.2, 0) is 4.79 Å². The summed E-state index contributed by atoms with van der Waals surface area (Å²) in [7, 11) is 0. The molecule has 33 heavy (non-hydrogen) atoms. The van der Waals surface area contributed by atoms with E-state index in [0.29, 0.717) is 56.1 Å². The lowest BCUT2D eigenvalue weighted by Gasteiger charge is -2.31. The highest BCUT2D eigenvalue weighted by Crippen LogP contribution is 2.45. The number of aromatic amines is 2. The number of imidazole rings is 1. The summed E-state index contributed by atoms with van der Waals surface area (Å²) in [4.78, 5) is 34.9. The molecule has 0 bridgehead atoms. The minimum Gasteiger partial charge on any atom is -0.508 e. The van der Waals surface area contributed by atoms with Crippen molar-refractivity contribution in [3.63, 3.8) is 0 Å². The predicted molar refractivity (Wildman–Crippen MR) is 119 cm³/mol. The SMILES string of the molecule is O=C1CNCC2=C1C(c1ccc(Sc3nc4ccc(O)cc4[nH]3)o1)c1c[nH]c(C(=O)O)c1N2. The largest absolute Gasteiger partial charge is 0.508 e. The topological polar surface area (TPSA) is 156 Å². The zero-order valence-corrected chi connectivity index (χ0v) is 17.7. The first kappa shape index (κ1) is 19.7. The number of aromatic carboxylic acids is 1. The number of fused-ring (bicyclic) bond motifs is 2. The lowest BCUT2D eigenvalue weighted by atomic mass is 9.82. The van der Waals surface area contributed by atoms with Crippen LogP contribution in [0.15, 0.2) is 62.5 Å². The molecule has 11 heteroatoms. The molecule has 0 fully saturated rings. The van der Waals surface area contributed by atoms with Crippen LogP contribution in [0.3, 0.4) is 0 Å². The van der Waals surface area contributed by atoms with Crippen molar-refractivity contribution in [3.8, 4) is 5.75 Å². The molecule has 6 rings (SSSR count). The third-order valence-corrected chi connectivity index (χ3v) is 6.55. The van der Waals surface area contributed by atoms with Gasteiger partial charge in [0.05, 0.1) is 29.2 Å². The molecule has 0 saturated carbocycles. The molecule has 0 saturated heterocycles. The molecule has 2 aliphatic heterocycles. The Kier molecular flexibility index (Phi) is 4.35. The molecule has 0 spiro atoms. The number of benzene rings is 1. The van der Waals surface area contributed by atoms with Gasteiger partial charge < -0.3 is 35.2 Å². The monoisotopic (exact) mass is 463 g/mol. The van der Waals surface area contributed by atoms with Crippen molar-refractivity contribution >= 4 is 40.2 Å². The summed E-state index contributed by atoms with van der Waals surface area (Å²) in [5, 5.41) is 26.5. The Morgan fingerprint density at radius 1 is 1.21 bits per heavy atom. The van der Waals surface area contributed by atoms with Gasteiger partial charge in [-0.1, -0.05) is 0 Å². The fourth-order valence-corrected chi connectivity index (χ4v) is 5.11. The molecule has 0 amide bonds. The van der Waals surface area contributed by atoms with E-state index < -0.39 is 11.9 Å². The van der Waals surface area contributed by atoms with Gasteiger partial charge in [0, 0.05) is 35.6 Å². The van der Waals surface area contributed by atoms with E-state index in [9.17, 15) is 19.8 Å². The van der Waals surface area contributed by atoms with Gasteiger partial charge in [-0.2, -0.15) is 0 Å². The maximum atomic E-state index is 12.8. The first-order valence-corrected chi connectivity index (χ1v) is 10.9. The second-order valence-electron chi connectivity index (χ2n) is 7.78. The molecular formula is C22H17N5O5S. The highest BCUT2D eigenvalue weighted by atomic mass is 32.2. The number of ketones is 1. The molecule has 3 aromatic heterocycles. The second-order valence-corrected chi connectivity index (χ2v) is 8.77. The van der Waals surface area contributed by atoms with Crippen LogP contribution < -0.4 is 10.6 Å². The second kappa shape index (κ2) is 7.29. The predicted octanol–water partition coefficient (Wildman–Crippen LogP) is 3.02. The number of carboxylic acids is 1. The number of aromatic nitrogens is 3. The van der Waals surface area contributed by atoms with E-state index >= 15 is 0 Å². The molecule has 10 nitrogen and oxygen atoms in total. The van der Waals surface area contributed by atoms with Crippen LogP contribution in [0.25, 0.3) is 11.0 Å². The van der Waals surface area contributed by atoms with Crippen molar-refractivity contribution < 1.29 is 24.2 Å². The van der Waals surface area contributed by atoms with Crippen LogP contribution in [0.5, 0.6) is 5.75 Å². The third-order valence-electron chi connectivity index (χ3n) is 5.74. The number of phenolic OH excluding ortho intramolecular Hbond substituents is 1. The maximum absolute atomic E-state index is 12.8. The molecule has 5 heterocycles. The lowest BCUT2D eigenvalue weighted by molar-refractivity contribution is -0.115. The Morgan fingerprint density at radius 2 is 2.09 bits per heavy atom. The number of Topliss-reactive ketones (excluding diaryl/α,β-unsaturated/α-hetero) is 1.